The van der Waals surface area contributed by atoms with Crippen molar-refractivity contribution in [1.29, 1.82) is 0 Å². The minimum Gasteiger partial charge on any atom is -0.497 e. The lowest BCUT2D eigenvalue weighted by Crippen LogP contribution is -2.41. The first-order valence-corrected chi connectivity index (χ1v) is 10.5. The fraction of sp³-hybridized carbons (Fsp3) is 0.292. The van der Waals surface area contributed by atoms with Gasteiger partial charge in [0, 0.05) is 23.4 Å². The molecule has 1 aliphatic heterocycles. The topological polar surface area (TPSA) is 87.3 Å². The molecule has 5 rings (SSSR count). The molecule has 2 aliphatic rings. The molecular formula is C24H24N4O3. The highest BCUT2D eigenvalue weighted by molar-refractivity contribution is 5.89. The first kappa shape index (κ1) is 19.4. The second kappa shape index (κ2) is 7.91. The lowest BCUT2D eigenvalue weighted by Gasteiger charge is -2.28. The number of urea groups is 1. The molecule has 158 valence electrons. The molecule has 2 N–H and O–H groups in total. The summed E-state index contributed by atoms with van der Waals surface area (Å²) in [7, 11) is 1.61. The van der Waals surface area contributed by atoms with E-state index >= 15 is 0 Å². The fourth-order valence-corrected chi connectivity index (χ4v) is 4.35. The summed E-state index contributed by atoms with van der Waals surface area (Å²) in [4.78, 5) is 34.7. The van der Waals surface area contributed by atoms with E-state index in [2.05, 4.69) is 27.4 Å². The Labute approximate surface area is 180 Å². The van der Waals surface area contributed by atoms with Crippen LogP contribution < -0.4 is 15.6 Å². The molecule has 0 bridgehead atoms. The second-order valence-electron chi connectivity index (χ2n) is 8.01. The molecule has 0 atom stereocenters. The van der Waals surface area contributed by atoms with E-state index in [1.165, 1.54) is 17.5 Å². The highest BCUT2D eigenvalue weighted by atomic mass is 16.5. The number of H-pyrrole nitrogens is 1. The Morgan fingerprint density at radius 1 is 1.10 bits per heavy atom. The average molecular weight is 416 g/mol. The predicted octanol–water partition coefficient (Wildman–Crippen LogP) is 3.52. The van der Waals surface area contributed by atoms with Crippen LogP contribution >= 0.6 is 0 Å². The van der Waals surface area contributed by atoms with Gasteiger partial charge in [-0.2, -0.15) is 0 Å². The molecule has 2 heterocycles. The monoisotopic (exact) mass is 416 g/mol. The number of aromatic nitrogens is 2. The SMILES string of the molecule is COc1ccc(-c2nc3c(c(=O)[nH]2)CCN(C(=O)Nc2ccc4c(c2)CCC4)C3)cc1. The lowest BCUT2D eigenvalue weighted by atomic mass is 10.1. The summed E-state index contributed by atoms with van der Waals surface area (Å²) in [6.07, 6.45) is 3.84. The molecule has 0 unspecified atom stereocenters. The Balaban J connectivity index is 1.35. The van der Waals surface area contributed by atoms with Crippen LogP contribution in [0, 0.1) is 0 Å². The van der Waals surface area contributed by atoms with Gasteiger partial charge in [-0.15, -0.1) is 0 Å². The smallest absolute Gasteiger partial charge is 0.322 e. The minimum atomic E-state index is -0.170. The average Bonchev–Trinajstić information content (AvgIpc) is 3.26. The number of fused-ring (bicyclic) bond motifs is 2. The Bertz CT molecular complexity index is 1200. The number of benzene rings is 2. The van der Waals surface area contributed by atoms with Crippen molar-refractivity contribution in [2.24, 2.45) is 0 Å². The summed E-state index contributed by atoms with van der Waals surface area (Å²) in [6.45, 7) is 0.787. The van der Waals surface area contributed by atoms with Crippen LogP contribution in [0.4, 0.5) is 10.5 Å². The number of ether oxygens (including phenoxy) is 1. The van der Waals surface area contributed by atoms with Crippen LogP contribution in [0.2, 0.25) is 0 Å². The molecule has 31 heavy (non-hydrogen) atoms. The molecule has 0 radical (unpaired) electrons. The molecule has 3 aromatic rings. The molecule has 7 heteroatoms. The number of rotatable bonds is 3. The summed E-state index contributed by atoms with van der Waals surface area (Å²) >= 11 is 0. The van der Waals surface area contributed by atoms with E-state index < -0.39 is 0 Å². The number of carbonyl (C=O) groups excluding carboxylic acids is 1. The summed E-state index contributed by atoms with van der Waals surface area (Å²) < 4.78 is 5.19. The fourth-order valence-electron chi connectivity index (χ4n) is 4.35. The van der Waals surface area contributed by atoms with Gasteiger partial charge in [0.25, 0.3) is 5.56 Å². The van der Waals surface area contributed by atoms with E-state index in [9.17, 15) is 9.59 Å². The summed E-state index contributed by atoms with van der Waals surface area (Å²) in [5, 5.41) is 3.01. The van der Waals surface area contributed by atoms with Gasteiger partial charge in [0.15, 0.2) is 0 Å². The Kier molecular flexibility index (Phi) is 4.94. The molecule has 1 aliphatic carbocycles. The molecule has 2 aromatic carbocycles. The summed E-state index contributed by atoms with van der Waals surface area (Å²) in [6, 6.07) is 13.3. The molecular weight excluding hydrogens is 392 g/mol. The summed E-state index contributed by atoms with van der Waals surface area (Å²) in [5.74, 6) is 1.23. The standard InChI is InChI=1S/C24H24N4O3/c1-31-19-9-6-16(7-10-19)22-26-21-14-28(12-11-20(21)23(29)27-22)24(30)25-18-8-5-15-3-2-4-17(15)13-18/h5-10,13H,2-4,11-12,14H2,1H3,(H,25,30)(H,26,27,29). The minimum absolute atomic E-state index is 0.144. The zero-order valence-electron chi connectivity index (χ0n) is 17.4. The quantitative estimate of drug-likeness (QED) is 0.684. The highest BCUT2D eigenvalue weighted by Crippen LogP contribution is 2.26. The van der Waals surface area contributed by atoms with Crippen molar-refractivity contribution in [2.75, 3.05) is 19.0 Å². The number of carbonyl (C=O) groups is 1. The van der Waals surface area contributed by atoms with Crippen molar-refractivity contribution in [3.63, 3.8) is 0 Å². The number of nitrogens with one attached hydrogen (secondary N) is 2. The maximum absolute atomic E-state index is 12.9. The maximum atomic E-state index is 12.9. The summed E-state index contributed by atoms with van der Waals surface area (Å²) in [5.41, 5.74) is 5.45. The van der Waals surface area contributed by atoms with Gasteiger partial charge in [-0.3, -0.25) is 4.79 Å². The van der Waals surface area contributed by atoms with E-state index in [0.29, 0.717) is 36.6 Å². The van der Waals surface area contributed by atoms with Gasteiger partial charge in [-0.1, -0.05) is 6.07 Å². The van der Waals surface area contributed by atoms with Crippen molar-refractivity contribution < 1.29 is 9.53 Å². The van der Waals surface area contributed by atoms with Crippen LogP contribution in [-0.4, -0.2) is 34.6 Å². The van der Waals surface area contributed by atoms with Gasteiger partial charge in [0.1, 0.15) is 11.6 Å². The van der Waals surface area contributed by atoms with Crippen LogP contribution in [0.3, 0.4) is 0 Å². The van der Waals surface area contributed by atoms with E-state index in [1.54, 1.807) is 12.0 Å². The van der Waals surface area contributed by atoms with Crippen molar-refractivity contribution in [2.45, 2.75) is 32.2 Å². The third-order valence-electron chi connectivity index (χ3n) is 6.07. The van der Waals surface area contributed by atoms with Crippen molar-refractivity contribution >= 4 is 11.7 Å². The van der Waals surface area contributed by atoms with Crippen molar-refractivity contribution in [3.8, 4) is 17.1 Å². The zero-order valence-corrected chi connectivity index (χ0v) is 17.4. The largest absolute Gasteiger partial charge is 0.497 e. The first-order chi connectivity index (χ1) is 15.1. The van der Waals surface area contributed by atoms with Crippen molar-refractivity contribution in [1.82, 2.24) is 14.9 Å². The molecule has 0 spiro atoms. The van der Waals surface area contributed by atoms with E-state index in [1.807, 2.05) is 30.3 Å². The maximum Gasteiger partial charge on any atom is 0.322 e. The van der Waals surface area contributed by atoms with Crippen LogP contribution in [-0.2, 0) is 25.8 Å². The van der Waals surface area contributed by atoms with Gasteiger partial charge in [-0.25, -0.2) is 9.78 Å². The number of aromatic amines is 1. The highest BCUT2D eigenvalue weighted by Gasteiger charge is 2.25. The zero-order chi connectivity index (χ0) is 21.4. The Morgan fingerprint density at radius 2 is 1.90 bits per heavy atom. The van der Waals surface area contributed by atoms with Crippen molar-refractivity contribution in [3.05, 3.63) is 75.2 Å². The molecule has 0 saturated heterocycles. The number of amides is 2. The van der Waals surface area contributed by atoms with Crippen LogP contribution in [0.5, 0.6) is 5.75 Å². The molecule has 0 saturated carbocycles. The first-order valence-electron chi connectivity index (χ1n) is 10.5. The number of aryl methyl sites for hydroxylation is 2. The normalized spacial score (nSPS) is 14.7. The number of hydrogen-bond acceptors (Lipinski definition) is 4. The van der Waals surface area contributed by atoms with Gasteiger partial charge in [0.2, 0.25) is 0 Å². The van der Waals surface area contributed by atoms with E-state index in [0.717, 1.165) is 29.8 Å². The van der Waals surface area contributed by atoms with Crippen LogP contribution in [0.15, 0.2) is 47.3 Å². The number of hydrogen-bond donors (Lipinski definition) is 2. The third kappa shape index (κ3) is 3.79. The Hall–Kier alpha value is -3.61. The Morgan fingerprint density at radius 3 is 2.71 bits per heavy atom. The van der Waals surface area contributed by atoms with E-state index in [-0.39, 0.29) is 11.6 Å². The van der Waals surface area contributed by atoms with E-state index in [4.69, 9.17) is 4.74 Å². The van der Waals surface area contributed by atoms with Gasteiger partial charge >= 0.3 is 6.03 Å². The molecule has 7 nitrogen and oxygen atoms in total. The van der Waals surface area contributed by atoms with Gasteiger partial charge in [-0.05, 0) is 73.2 Å². The molecule has 1 aromatic heterocycles. The van der Waals surface area contributed by atoms with Gasteiger partial charge in [0.05, 0.1) is 19.3 Å². The van der Waals surface area contributed by atoms with Crippen LogP contribution in [0.1, 0.15) is 28.8 Å². The third-order valence-corrected chi connectivity index (χ3v) is 6.07. The second-order valence-corrected chi connectivity index (χ2v) is 8.01. The molecule has 0 fully saturated rings. The molecule has 2 amide bonds. The van der Waals surface area contributed by atoms with Gasteiger partial charge < -0.3 is 19.9 Å². The number of methoxy groups -OCH3 is 1. The number of anilines is 1. The van der Waals surface area contributed by atoms with Crippen LogP contribution in [0.25, 0.3) is 11.4 Å². The number of nitrogens with zero attached hydrogens (tertiary/aromatic N) is 2. The predicted molar refractivity (Wildman–Crippen MR) is 118 cm³/mol. The lowest BCUT2D eigenvalue weighted by molar-refractivity contribution is 0.205.